The SMILES string of the molecule is C=CCNC(=O)C(C)Sc1nnc(-c2ccccc2OCC)o1. The summed E-state index contributed by atoms with van der Waals surface area (Å²) in [6.07, 6.45) is 1.63. The van der Waals surface area contributed by atoms with Crippen molar-refractivity contribution in [1.82, 2.24) is 15.5 Å². The molecule has 0 fully saturated rings. The summed E-state index contributed by atoms with van der Waals surface area (Å²) in [5.41, 5.74) is 0.734. The molecule has 122 valence electrons. The van der Waals surface area contributed by atoms with Crippen LogP contribution in [0.3, 0.4) is 0 Å². The maximum absolute atomic E-state index is 11.8. The molecule has 1 amide bonds. The van der Waals surface area contributed by atoms with Crippen LogP contribution >= 0.6 is 11.8 Å². The van der Waals surface area contributed by atoms with Crippen molar-refractivity contribution in [2.24, 2.45) is 0 Å². The Kier molecular flexibility index (Phi) is 6.22. The van der Waals surface area contributed by atoms with Crippen LogP contribution in [-0.4, -0.2) is 34.5 Å². The fourth-order valence-corrected chi connectivity index (χ4v) is 2.52. The summed E-state index contributed by atoms with van der Waals surface area (Å²) in [5.74, 6) is 0.951. The summed E-state index contributed by atoms with van der Waals surface area (Å²) in [6.45, 7) is 8.23. The van der Waals surface area contributed by atoms with Crippen LogP contribution < -0.4 is 10.1 Å². The zero-order chi connectivity index (χ0) is 16.7. The lowest BCUT2D eigenvalue weighted by molar-refractivity contribution is -0.120. The van der Waals surface area contributed by atoms with Crippen LogP contribution in [-0.2, 0) is 4.79 Å². The van der Waals surface area contributed by atoms with Gasteiger partial charge in [0.15, 0.2) is 0 Å². The molecule has 0 radical (unpaired) electrons. The predicted octanol–water partition coefficient (Wildman–Crippen LogP) is 2.92. The second-order valence-electron chi connectivity index (χ2n) is 4.60. The Balaban J connectivity index is 2.09. The molecule has 1 aromatic heterocycles. The average Bonchev–Trinajstić information content (AvgIpc) is 3.01. The first-order valence-electron chi connectivity index (χ1n) is 7.26. The van der Waals surface area contributed by atoms with E-state index in [-0.39, 0.29) is 11.2 Å². The van der Waals surface area contributed by atoms with Gasteiger partial charge in [0.05, 0.1) is 17.4 Å². The number of hydrogen-bond donors (Lipinski definition) is 1. The van der Waals surface area contributed by atoms with Crippen LogP contribution in [0, 0.1) is 0 Å². The largest absolute Gasteiger partial charge is 0.493 e. The van der Waals surface area contributed by atoms with Gasteiger partial charge in [-0.2, -0.15) is 0 Å². The number of thioether (sulfide) groups is 1. The lowest BCUT2D eigenvalue weighted by atomic mass is 10.2. The highest BCUT2D eigenvalue weighted by atomic mass is 32.2. The number of ether oxygens (including phenoxy) is 1. The molecular weight excluding hydrogens is 314 g/mol. The Labute approximate surface area is 139 Å². The smallest absolute Gasteiger partial charge is 0.277 e. The molecule has 0 bridgehead atoms. The van der Waals surface area contributed by atoms with Crippen LogP contribution in [0.15, 0.2) is 46.6 Å². The zero-order valence-corrected chi connectivity index (χ0v) is 13.9. The third-order valence-electron chi connectivity index (χ3n) is 2.89. The molecule has 23 heavy (non-hydrogen) atoms. The van der Waals surface area contributed by atoms with Crippen molar-refractivity contribution < 1.29 is 13.9 Å². The number of carbonyl (C=O) groups excluding carboxylic acids is 1. The summed E-state index contributed by atoms with van der Waals surface area (Å²) < 4.78 is 11.2. The number of amides is 1. The van der Waals surface area contributed by atoms with E-state index in [4.69, 9.17) is 9.15 Å². The van der Waals surface area contributed by atoms with Gasteiger partial charge in [-0.1, -0.05) is 30.0 Å². The van der Waals surface area contributed by atoms with Gasteiger partial charge >= 0.3 is 0 Å². The van der Waals surface area contributed by atoms with E-state index >= 15 is 0 Å². The van der Waals surface area contributed by atoms with E-state index < -0.39 is 0 Å². The molecule has 0 aliphatic carbocycles. The molecule has 1 unspecified atom stereocenters. The van der Waals surface area contributed by atoms with Crippen LogP contribution in [0.2, 0.25) is 0 Å². The fraction of sp³-hybridized carbons (Fsp3) is 0.312. The molecule has 1 aromatic carbocycles. The molecular formula is C16H19N3O3S. The first kappa shape index (κ1) is 17.1. The summed E-state index contributed by atoms with van der Waals surface area (Å²) in [4.78, 5) is 11.8. The lowest BCUT2D eigenvalue weighted by Gasteiger charge is -2.08. The molecule has 0 spiro atoms. The van der Waals surface area contributed by atoms with Gasteiger partial charge < -0.3 is 14.5 Å². The molecule has 1 atom stereocenters. The van der Waals surface area contributed by atoms with E-state index in [1.54, 1.807) is 13.0 Å². The molecule has 0 saturated heterocycles. The van der Waals surface area contributed by atoms with Crippen molar-refractivity contribution in [1.29, 1.82) is 0 Å². The number of nitrogens with one attached hydrogen (secondary N) is 1. The first-order valence-corrected chi connectivity index (χ1v) is 8.14. The van der Waals surface area contributed by atoms with Gasteiger partial charge in [-0.15, -0.1) is 16.8 Å². The Morgan fingerprint density at radius 3 is 3.00 bits per heavy atom. The monoisotopic (exact) mass is 333 g/mol. The number of rotatable bonds is 8. The quantitative estimate of drug-likeness (QED) is 0.591. The number of benzene rings is 1. The molecule has 2 rings (SSSR count). The minimum Gasteiger partial charge on any atom is -0.493 e. The zero-order valence-electron chi connectivity index (χ0n) is 13.1. The first-order chi connectivity index (χ1) is 11.2. The molecule has 2 aromatic rings. The standard InChI is InChI=1S/C16H19N3O3S/c1-4-10-17-14(20)11(3)23-16-19-18-15(22-16)12-8-6-7-9-13(12)21-5-2/h4,6-9,11H,1,5,10H2,2-3H3,(H,17,20). The van der Waals surface area contributed by atoms with Gasteiger partial charge in [-0.3, -0.25) is 4.79 Å². The Hall–Kier alpha value is -2.28. The Morgan fingerprint density at radius 1 is 1.48 bits per heavy atom. The maximum Gasteiger partial charge on any atom is 0.277 e. The molecule has 1 N–H and O–H groups in total. The van der Waals surface area contributed by atoms with Crippen molar-refractivity contribution in [3.05, 3.63) is 36.9 Å². The van der Waals surface area contributed by atoms with E-state index in [0.29, 0.717) is 30.0 Å². The maximum atomic E-state index is 11.8. The minimum atomic E-state index is -0.342. The number of carbonyl (C=O) groups is 1. The van der Waals surface area contributed by atoms with Crippen LogP contribution in [0.5, 0.6) is 5.75 Å². The van der Waals surface area contributed by atoms with Gasteiger partial charge in [0.2, 0.25) is 5.91 Å². The second-order valence-corrected chi connectivity index (χ2v) is 5.89. The topological polar surface area (TPSA) is 77.2 Å². The average molecular weight is 333 g/mol. The highest BCUT2D eigenvalue weighted by molar-refractivity contribution is 8.00. The van der Waals surface area contributed by atoms with Crippen molar-refractivity contribution in [2.75, 3.05) is 13.2 Å². The van der Waals surface area contributed by atoms with Crippen LogP contribution in [0.4, 0.5) is 0 Å². The Morgan fingerprint density at radius 2 is 2.26 bits per heavy atom. The van der Waals surface area contributed by atoms with Gasteiger partial charge in [-0.05, 0) is 26.0 Å². The van der Waals surface area contributed by atoms with Crippen molar-refractivity contribution >= 4 is 17.7 Å². The number of hydrogen-bond acceptors (Lipinski definition) is 6. The van der Waals surface area contributed by atoms with Crippen LogP contribution in [0.25, 0.3) is 11.5 Å². The Bertz CT molecular complexity index is 672. The van der Waals surface area contributed by atoms with E-state index in [2.05, 4.69) is 22.1 Å². The molecule has 6 nitrogen and oxygen atoms in total. The predicted molar refractivity (Wildman–Crippen MR) is 89.4 cm³/mol. The van der Waals surface area contributed by atoms with Crippen molar-refractivity contribution in [2.45, 2.75) is 24.3 Å². The van der Waals surface area contributed by atoms with E-state index in [0.717, 1.165) is 5.56 Å². The highest BCUT2D eigenvalue weighted by Gasteiger charge is 2.19. The van der Waals surface area contributed by atoms with Crippen LogP contribution in [0.1, 0.15) is 13.8 Å². The molecule has 1 heterocycles. The fourth-order valence-electron chi connectivity index (χ4n) is 1.81. The van der Waals surface area contributed by atoms with Crippen molar-refractivity contribution in [3.63, 3.8) is 0 Å². The molecule has 0 aliphatic heterocycles. The lowest BCUT2D eigenvalue weighted by Crippen LogP contribution is -2.30. The minimum absolute atomic E-state index is 0.107. The highest BCUT2D eigenvalue weighted by Crippen LogP contribution is 2.31. The van der Waals surface area contributed by atoms with Gasteiger partial charge in [-0.25, -0.2) is 0 Å². The number of nitrogens with zero attached hydrogens (tertiary/aromatic N) is 2. The summed E-state index contributed by atoms with van der Waals surface area (Å²) >= 11 is 1.21. The van der Waals surface area contributed by atoms with Gasteiger partial charge in [0.25, 0.3) is 11.1 Å². The van der Waals surface area contributed by atoms with Gasteiger partial charge in [0.1, 0.15) is 5.75 Å². The molecule has 7 heteroatoms. The van der Waals surface area contributed by atoms with E-state index in [1.807, 2.05) is 31.2 Å². The number of aromatic nitrogens is 2. The number of para-hydroxylation sites is 1. The molecule has 0 aliphatic rings. The second kappa shape index (κ2) is 8.38. The summed E-state index contributed by atoms with van der Waals surface area (Å²) in [6, 6.07) is 7.46. The van der Waals surface area contributed by atoms with Crippen molar-refractivity contribution in [3.8, 4) is 17.2 Å². The third kappa shape index (κ3) is 4.59. The summed E-state index contributed by atoms with van der Waals surface area (Å²) in [5, 5.41) is 10.8. The third-order valence-corrected chi connectivity index (χ3v) is 3.83. The summed E-state index contributed by atoms with van der Waals surface area (Å²) in [7, 11) is 0. The normalized spacial score (nSPS) is 11.7. The van der Waals surface area contributed by atoms with E-state index in [1.165, 1.54) is 11.8 Å². The van der Waals surface area contributed by atoms with Gasteiger partial charge in [0, 0.05) is 6.54 Å². The molecule has 0 saturated carbocycles. The van der Waals surface area contributed by atoms with E-state index in [9.17, 15) is 4.79 Å².